The summed E-state index contributed by atoms with van der Waals surface area (Å²) in [5.41, 5.74) is 7.53. The number of ether oxygens (including phenoxy) is 3. The van der Waals surface area contributed by atoms with E-state index < -0.39 is 0 Å². The van der Waals surface area contributed by atoms with Crippen LogP contribution in [-0.4, -0.2) is 57.5 Å². The number of fused-ring (bicyclic) bond motifs is 1. The molecule has 3 heterocycles. The summed E-state index contributed by atoms with van der Waals surface area (Å²) in [5, 5.41) is 6.11. The van der Waals surface area contributed by atoms with Gasteiger partial charge in [0.15, 0.2) is 0 Å². The fourth-order valence-corrected chi connectivity index (χ4v) is 8.96. The minimum Gasteiger partial charge on any atom is -0.490 e. The van der Waals surface area contributed by atoms with Crippen LogP contribution in [0.25, 0.3) is 22.2 Å². The van der Waals surface area contributed by atoms with Crippen LogP contribution in [0.4, 0.5) is 5.69 Å². The van der Waals surface area contributed by atoms with Gasteiger partial charge in [0, 0.05) is 65.9 Å². The zero-order valence-corrected chi connectivity index (χ0v) is 36.0. The number of hydrogen-bond donors (Lipinski definition) is 0. The second kappa shape index (κ2) is 18.0. The monoisotopic (exact) mass is 841 g/mol. The minimum atomic E-state index is 0.171. The first kappa shape index (κ1) is 39.9. The number of aryl methyl sites for hydroxylation is 1. The Morgan fingerprint density at radius 1 is 0.759 bits per heavy atom. The van der Waals surface area contributed by atoms with Crippen molar-refractivity contribution in [2.24, 2.45) is 13.0 Å². The first-order valence-electron chi connectivity index (χ1n) is 20.9. The molecule has 0 bridgehead atoms. The Morgan fingerprint density at radius 3 is 2.16 bits per heavy atom. The molecule has 8 rings (SSSR count). The Hall–Kier alpha value is -4.86. The highest BCUT2D eigenvalue weighted by atomic mass is 79.9. The van der Waals surface area contributed by atoms with Crippen LogP contribution in [0.2, 0.25) is 0 Å². The van der Waals surface area contributed by atoms with Gasteiger partial charge in [0.05, 0.1) is 17.2 Å². The van der Waals surface area contributed by atoms with E-state index in [1.165, 1.54) is 36.9 Å². The average molecular weight is 843 g/mol. The van der Waals surface area contributed by atoms with Gasteiger partial charge < -0.3 is 19.1 Å². The Labute approximate surface area is 352 Å². The molecule has 8 nitrogen and oxygen atoms in total. The van der Waals surface area contributed by atoms with Crippen molar-refractivity contribution in [3.8, 4) is 28.8 Å². The lowest BCUT2D eigenvalue weighted by Crippen LogP contribution is -2.54. The van der Waals surface area contributed by atoms with Gasteiger partial charge in [0.1, 0.15) is 24.7 Å². The van der Waals surface area contributed by atoms with Gasteiger partial charge in [-0.05, 0) is 113 Å². The van der Waals surface area contributed by atoms with Crippen molar-refractivity contribution in [3.05, 3.63) is 130 Å². The molecule has 6 aromatic rings. The highest BCUT2D eigenvalue weighted by Crippen LogP contribution is 2.38. The second-order valence-corrected chi connectivity index (χ2v) is 17.5. The molecule has 1 aliphatic carbocycles. The summed E-state index contributed by atoms with van der Waals surface area (Å²) in [6.45, 7) is 12.0. The summed E-state index contributed by atoms with van der Waals surface area (Å²) < 4.78 is 22.1. The Bertz CT molecular complexity index is 2280. The van der Waals surface area contributed by atoms with E-state index in [4.69, 9.17) is 24.3 Å². The molecule has 9 heteroatoms. The van der Waals surface area contributed by atoms with Crippen LogP contribution < -0.4 is 19.1 Å². The van der Waals surface area contributed by atoms with E-state index in [1.54, 1.807) is 0 Å². The fourth-order valence-electron chi connectivity index (χ4n) is 8.61. The second-order valence-electron chi connectivity index (χ2n) is 16.7. The van der Waals surface area contributed by atoms with Gasteiger partial charge in [-0.25, -0.2) is 0 Å². The molecule has 2 aromatic heterocycles. The number of pyridine rings is 1. The van der Waals surface area contributed by atoms with Gasteiger partial charge >= 0.3 is 0 Å². The summed E-state index contributed by atoms with van der Waals surface area (Å²) in [7, 11) is 2.02. The molecule has 2 fully saturated rings. The highest BCUT2D eigenvalue weighted by Gasteiger charge is 2.32. The molecule has 0 spiro atoms. The molecule has 0 N–H and O–H groups in total. The van der Waals surface area contributed by atoms with Crippen LogP contribution in [0, 0.1) is 12.8 Å². The normalized spacial score (nSPS) is 17.7. The van der Waals surface area contributed by atoms with Crippen LogP contribution in [0.5, 0.6) is 17.5 Å². The van der Waals surface area contributed by atoms with E-state index in [1.807, 2.05) is 72.4 Å². The van der Waals surface area contributed by atoms with Crippen LogP contribution in [0.15, 0.2) is 114 Å². The molecule has 1 saturated heterocycles. The topological polar surface area (TPSA) is 64.9 Å². The molecule has 0 unspecified atom stereocenters. The van der Waals surface area contributed by atoms with Gasteiger partial charge in [0.25, 0.3) is 0 Å². The van der Waals surface area contributed by atoms with Crippen molar-refractivity contribution in [1.29, 1.82) is 0 Å². The number of aromatic nitrogens is 3. The lowest BCUT2D eigenvalue weighted by molar-refractivity contribution is 0.0845. The molecule has 4 aromatic carbocycles. The number of rotatable bonds is 14. The first-order valence-corrected chi connectivity index (χ1v) is 21.7. The van der Waals surface area contributed by atoms with E-state index in [0.29, 0.717) is 31.1 Å². The predicted molar refractivity (Wildman–Crippen MR) is 238 cm³/mol. The Morgan fingerprint density at radius 2 is 1.45 bits per heavy atom. The molecule has 0 atom stereocenters. The zero-order valence-electron chi connectivity index (χ0n) is 34.4. The van der Waals surface area contributed by atoms with Crippen molar-refractivity contribution in [2.75, 3.05) is 31.1 Å². The number of anilines is 1. The number of benzene rings is 4. The SMILES string of the molecule is Cc1c(Br)cccc1O[C@H]1CC[C@H](CCC(C)(C)N2CCN(c3ccc4c(-c5ccc(OCc6ccccc6)nc5OCc5ccccc5)nn(C)c4c3)CC2)CC1. The van der Waals surface area contributed by atoms with Gasteiger partial charge in [-0.2, -0.15) is 10.1 Å². The van der Waals surface area contributed by atoms with Gasteiger partial charge in [-0.15, -0.1) is 0 Å². The number of hydrogen-bond acceptors (Lipinski definition) is 7. The molecule has 0 amide bonds. The van der Waals surface area contributed by atoms with Gasteiger partial charge in [0.2, 0.25) is 11.8 Å². The standard InChI is InChI=1S/C49H56BrN5O3/c1-35-43(50)16-11-17-45(35)58-40-21-18-36(19-22-40)26-27-49(2,3)55-30-28-54(29-31-55)39-20-23-41-44(32-39)53(4)52-47(41)42-24-25-46(56-33-37-12-7-5-8-13-37)51-48(42)57-34-38-14-9-6-10-15-38/h5-17,20,23-25,32,36,40H,18-19,21-22,26-31,33-34H2,1-4H3/t36-,40-. The molecule has 0 radical (unpaired) electrons. The van der Waals surface area contributed by atoms with Crippen LogP contribution in [-0.2, 0) is 20.3 Å². The molecule has 302 valence electrons. The summed E-state index contributed by atoms with van der Waals surface area (Å²) in [4.78, 5) is 10.1. The Kier molecular flexibility index (Phi) is 12.4. The molecule has 2 aliphatic rings. The summed E-state index contributed by atoms with van der Waals surface area (Å²) in [6.07, 6.45) is 7.65. The quantitative estimate of drug-likeness (QED) is 0.108. The van der Waals surface area contributed by atoms with Crippen LogP contribution in [0.3, 0.4) is 0 Å². The zero-order chi connectivity index (χ0) is 40.1. The van der Waals surface area contributed by atoms with E-state index in [2.05, 4.69) is 95.0 Å². The summed E-state index contributed by atoms with van der Waals surface area (Å²) >= 11 is 3.65. The molecule has 1 saturated carbocycles. The highest BCUT2D eigenvalue weighted by molar-refractivity contribution is 9.10. The van der Waals surface area contributed by atoms with Crippen LogP contribution in [0.1, 0.15) is 69.1 Å². The third kappa shape index (κ3) is 9.37. The lowest BCUT2D eigenvalue weighted by atomic mass is 9.81. The van der Waals surface area contributed by atoms with Gasteiger partial charge in [-0.3, -0.25) is 9.58 Å². The Balaban J connectivity index is 0.893. The van der Waals surface area contributed by atoms with Crippen LogP contribution >= 0.6 is 15.9 Å². The predicted octanol–water partition coefficient (Wildman–Crippen LogP) is 11.2. The third-order valence-electron chi connectivity index (χ3n) is 12.3. The maximum atomic E-state index is 6.45. The third-order valence-corrected chi connectivity index (χ3v) is 13.2. The number of nitrogens with zero attached hydrogens (tertiary/aromatic N) is 5. The van der Waals surface area contributed by atoms with E-state index in [9.17, 15) is 0 Å². The smallest absolute Gasteiger partial charge is 0.226 e. The molecular formula is C49H56BrN5O3. The maximum absolute atomic E-state index is 6.45. The van der Waals surface area contributed by atoms with Crippen molar-refractivity contribution >= 4 is 32.5 Å². The lowest BCUT2D eigenvalue weighted by Gasteiger charge is -2.45. The first-order chi connectivity index (χ1) is 28.2. The van der Waals surface area contributed by atoms with E-state index in [-0.39, 0.29) is 5.54 Å². The van der Waals surface area contributed by atoms with Gasteiger partial charge in [-0.1, -0.05) is 82.7 Å². The largest absolute Gasteiger partial charge is 0.490 e. The summed E-state index contributed by atoms with van der Waals surface area (Å²) in [5.74, 6) is 2.82. The number of piperazine rings is 1. The van der Waals surface area contributed by atoms with E-state index in [0.717, 1.165) is 88.4 Å². The van der Waals surface area contributed by atoms with E-state index >= 15 is 0 Å². The fraction of sp³-hybridized carbons (Fsp3) is 0.388. The minimum absolute atomic E-state index is 0.171. The molecule has 1 aliphatic heterocycles. The molecule has 58 heavy (non-hydrogen) atoms. The molecular weight excluding hydrogens is 786 g/mol. The number of halogens is 1. The summed E-state index contributed by atoms with van der Waals surface area (Å²) in [6, 6.07) is 37.2. The van der Waals surface area contributed by atoms with Crippen molar-refractivity contribution in [1.82, 2.24) is 19.7 Å². The van der Waals surface area contributed by atoms with Crippen molar-refractivity contribution in [2.45, 2.75) is 84.2 Å². The maximum Gasteiger partial charge on any atom is 0.226 e. The average Bonchev–Trinajstić information content (AvgIpc) is 3.59. The van der Waals surface area contributed by atoms with Crippen molar-refractivity contribution in [3.63, 3.8) is 0 Å². The van der Waals surface area contributed by atoms with Crippen molar-refractivity contribution < 1.29 is 14.2 Å².